The number of carbonyl (C=O) groups is 2. The standard InChI is InChI=1S/C19H19N3O3/c1-13-7-8-15(11-14(13)2)25-12-19(24)22-17-6-4-3-5-16(17)21-18(23)9-10-20/h3-8,11H,9,12H2,1-2H3,(H,21,23)(H,22,24). The highest BCUT2D eigenvalue weighted by Crippen LogP contribution is 2.21. The fourth-order valence-corrected chi connectivity index (χ4v) is 2.11. The van der Waals surface area contributed by atoms with E-state index in [-0.39, 0.29) is 18.9 Å². The van der Waals surface area contributed by atoms with Crippen molar-refractivity contribution in [3.05, 3.63) is 53.6 Å². The molecule has 2 rings (SSSR count). The number of anilines is 2. The number of nitrogens with one attached hydrogen (secondary N) is 2. The number of ether oxygens (including phenoxy) is 1. The fourth-order valence-electron chi connectivity index (χ4n) is 2.11. The van der Waals surface area contributed by atoms with Gasteiger partial charge in [-0.2, -0.15) is 5.26 Å². The average molecular weight is 337 g/mol. The molecule has 6 nitrogen and oxygen atoms in total. The number of rotatable bonds is 6. The van der Waals surface area contributed by atoms with Crippen LogP contribution in [0.2, 0.25) is 0 Å². The number of amides is 2. The van der Waals surface area contributed by atoms with E-state index in [2.05, 4.69) is 10.6 Å². The first-order chi connectivity index (χ1) is 12.0. The molecule has 2 amide bonds. The van der Waals surface area contributed by atoms with Gasteiger partial charge in [0.15, 0.2) is 6.61 Å². The predicted octanol–water partition coefficient (Wildman–Crippen LogP) is 3.17. The SMILES string of the molecule is Cc1ccc(OCC(=O)Nc2ccccc2NC(=O)CC#N)cc1C. The summed E-state index contributed by atoms with van der Waals surface area (Å²) in [6, 6.07) is 14.2. The Morgan fingerprint density at radius 1 is 1.00 bits per heavy atom. The number of nitriles is 1. The maximum absolute atomic E-state index is 12.1. The summed E-state index contributed by atoms with van der Waals surface area (Å²) >= 11 is 0. The first kappa shape index (κ1) is 18.0. The molecule has 0 aliphatic carbocycles. The third kappa shape index (κ3) is 5.36. The van der Waals surface area contributed by atoms with Gasteiger partial charge in [-0.1, -0.05) is 18.2 Å². The highest BCUT2D eigenvalue weighted by molar-refractivity contribution is 6.00. The van der Waals surface area contributed by atoms with Gasteiger partial charge in [0.05, 0.1) is 17.4 Å². The molecule has 0 aromatic heterocycles. The second-order valence-corrected chi connectivity index (χ2v) is 5.51. The van der Waals surface area contributed by atoms with Crippen LogP contribution in [0.25, 0.3) is 0 Å². The lowest BCUT2D eigenvalue weighted by atomic mass is 10.1. The Labute approximate surface area is 146 Å². The molecule has 0 saturated heterocycles. The van der Waals surface area contributed by atoms with Crippen LogP contribution in [0.1, 0.15) is 17.5 Å². The summed E-state index contributed by atoms with van der Waals surface area (Å²) < 4.78 is 5.49. The minimum absolute atomic E-state index is 0.150. The third-order valence-electron chi connectivity index (χ3n) is 3.56. The molecule has 128 valence electrons. The van der Waals surface area contributed by atoms with E-state index < -0.39 is 5.91 Å². The molecule has 25 heavy (non-hydrogen) atoms. The summed E-state index contributed by atoms with van der Waals surface area (Å²) in [4.78, 5) is 23.6. The monoisotopic (exact) mass is 337 g/mol. The van der Waals surface area contributed by atoms with Gasteiger partial charge in [-0.25, -0.2) is 0 Å². The van der Waals surface area contributed by atoms with E-state index in [1.807, 2.05) is 32.0 Å². The number of hydrogen-bond acceptors (Lipinski definition) is 4. The minimum Gasteiger partial charge on any atom is -0.484 e. The number of hydrogen-bond donors (Lipinski definition) is 2. The molecule has 0 atom stereocenters. The largest absolute Gasteiger partial charge is 0.484 e. The molecule has 2 aromatic rings. The number of aryl methyl sites for hydroxylation is 2. The summed E-state index contributed by atoms with van der Waals surface area (Å²) in [5.74, 6) is -0.162. The Hall–Kier alpha value is -3.33. The van der Waals surface area contributed by atoms with Crippen molar-refractivity contribution in [2.45, 2.75) is 20.3 Å². The molecule has 0 heterocycles. The van der Waals surface area contributed by atoms with E-state index in [4.69, 9.17) is 10.00 Å². The Morgan fingerprint density at radius 2 is 1.64 bits per heavy atom. The molecular formula is C19H19N3O3. The minimum atomic E-state index is -0.435. The highest BCUT2D eigenvalue weighted by Gasteiger charge is 2.10. The van der Waals surface area contributed by atoms with E-state index >= 15 is 0 Å². The zero-order valence-corrected chi connectivity index (χ0v) is 14.1. The van der Waals surface area contributed by atoms with Crippen LogP contribution in [0, 0.1) is 25.2 Å². The van der Waals surface area contributed by atoms with Crippen LogP contribution in [0.15, 0.2) is 42.5 Å². The van der Waals surface area contributed by atoms with Crippen molar-refractivity contribution in [1.82, 2.24) is 0 Å². The van der Waals surface area contributed by atoms with Crippen LogP contribution in [0.4, 0.5) is 11.4 Å². The highest BCUT2D eigenvalue weighted by atomic mass is 16.5. The molecular weight excluding hydrogens is 318 g/mol. The molecule has 0 aliphatic heterocycles. The van der Waals surface area contributed by atoms with E-state index in [0.717, 1.165) is 11.1 Å². The van der Waals surface area contributed by atoms with Crippen LogP contribution < -0.4 is 15.4 Å². The Bertz CT molecular complexity index is 825. The third-order valence-corrected chi connectivity index (χ3v) is 3.56. The van der Waals surface area contributed by atoms with E-state index in [9.17, 15) is 9.59 Å². The Balaban J connectivity index is 1.97. The summed E-state index contributed by atoms with van der Waals surface area (Å²) in [7, 11) is 0. The average Bonchev–Trinajstić information content (AvgIpc) is 2.58. The Kier molecular flexibility index (Phi) is 6.13. The lowest BCUT2D eigenvalue weighted by Gasteiger charge is -2.12. The molecule has 0 bridgehead atoms. The Morgan fingerprint density at radius 3 is 2.24 bits per heavy atom. The number of carbonyl (C=O) groups excluding carboxylic acids is 2. The summed E-state index contributed by atoms with van der Waals surface area (Å²) in [6.07, 6.45) is -0.252. The smallest absolute Gasteiger partial charge is 0.262 e. The van der Waals surface area contributed by atoms with Gasteiger partial charge in [-0.3, -0.25) is 9.59 Å². The van der Waals surface area contributed by atoms with E-state index in [1.54, 1.807) is 30.3 Å². The van der Waals surface area contributed by atoms with Crippen molar-refractivity contribution in [2.75, 3.05) is 17.2 Å². The second kappa shape index (κ2) is 8.50. The van der Waals surface area contributed by atoms with Crippen LogP contribution in [0.5, 0.6) is 5.75 Å². The van der Waals surface area contributed by atoms with Gasteiger partial charge in [-0.15, -0.1) is 0 Å². The summed E-state index contributed by atoms with van der Waals surface area (Å²) in [6.45, 7) is 3.83. The number of benzene rings is 2. The zero-order chi connectivity index (χ0) is 18.2. The van der Waals surface area contributed by atoms with Gasteiger partial charge < -0.3 is 15.4 Å². The molecule has 0 fully saturated rings. The predicted molar refractivity (Wildman–Crippen MR) is 95.3 cm³/mol. The van der Waals surface area contributed by atoms with Gasteiger partial charge in [0, 0.05) is 0 Å². The lowest BCUT2D eigenvalue weighted by Crippen LogP contribution is -2.21. The van der Waals surface area contributed by atoms with Gasteiger partial charge in [0.2, 0.25) is 5.91 Å². The molecule has 0 saturated carbocycles. The number of para-hydroxylation sites is 2. The van der Waals surface area contributed by atoms with Gasteiger partial charge in [-0.05, 0) is 49.2 Å². The number of nitrogens with zero attached hydrogens (tertiary/aromatic N) is 1. The summed E-state index contributed by atoms with van der Waals surface area (Å²) in [5.41, 5.74) is 3.12. The van der Waals surface area contributed by atoms with Crippen molar-refractivity contribution in [3.8, 4) is 11.8 Å². The molecule has 2 N–H and O–H groups in total. The van der Waals surface area contributed by atoms with Crippen LogP contribution in [-0.4, -0.2) is 18.4 Å². The maximum Gasteiger partial charge on any atom is 0.262 e. The van der Waals surface area contributed by atoms with Crippen molar-refractivity contribution < 1.29 is 14.3 Å². The second-order valence-electron chi connectivity index (χ2n) is 5.51. The molecule has 0 unspecified atom stereocenters. The van der Waals surface area contributed by atoms with Crippen molar-refractivity contribution in [1.29, 1.82) is 5.26 Å². The zero-order valence-electron chi connectivity index (χ0n) is 14.1. The first-order valence-corrected chi connectivity index (χ1v) is 7.75. The van der Waals surface area contributed by atoms with Gasteiger partial charge >= 0.3 is 0 Å². The summed E-state index contributed by atoms with van der Waals surface area (Å²) in [5, 5.41) is 13.8. The van der Waals surface area contributed by atoms with Crippen LogP contribution >= 0.6 is 0 Å². The molecule has 6 heteroatoms. The van der Waals surface area contributed by atoms with E-state index in [1.165, 1.54) is 0 Å². The molecule has 0 spiro atoms. The molecule has 2 aromatic carbocycles. The lowest BCUT2D eigenvalue weighted by molar-refractivity contribution is -0.118. The quantitative estimate of drug-likeness (QED) is 0.847. The molecule has 0 aliphatic rings. The normalized spacial score (nSPS) is 9.80. The van der Waals surface area contributed by atoms with Gasteiger partial charge in [0.1, 0.15) is 12.2 Å². The van der Waals surface area contributed by atoms with Crippen molar-refractivity contribution in [3.63, 3.8) is 0 Å². The topological polar surface area (TPSA) is 91.2 Å². The fraction of sp³-hybridized carbons (Fsp3) is 0.211. The van der Waals surface area contributed by atoms with Crippen LogP contribution in [-0.2, 0) is 9.59 Å². The van der Waals surface area contributed by atoms with Crippen molar-refractivity contribution >= 4 is 23.2 Å². The first-order valence-electron chi connectivity index (χ1n) is 7.75. The van der Waals surface area contributed by atoms with E-state index in [0.29, 0.717) is 17.1 Å². The van der Waals surface area contributed by atoms with Crippen LogP contribution in [0.3, 0.4) is 0 Å². The maximum atomic E-state index is 12.1. The van der Waals surface area contributed by atoms with Crippen molar-refractivity contribution in [2.24, 2.45) is 0 Å². The van der Waals surface area contributed by atoms with Gasteiger partial charge in [0.25, 0.3) is 5.91 Å². The molecule has 0 radical (unpaired) electrons.